The van der Waals surface area contributed by atoms with E-state index in [1.807, 2.05) is 0 Å². The second-order valence-electron chi connectivity index (χ2n) is 12.1. The second-order valence-corrected chi connectivity index (χ2v) is 13.5. The first-order chi connectivity index (χ1) is 22.8. The molecular formula is C37H68NO8P. The highest BCUT2D eigenvalue weighted by Gasteiger charge is 2.25. The summed E-state index contributed by atoms with van der Waals surface area (Å²) in [6, 6.07) is 0. The minimum absolute atomic E-state index is 0.0510. The van der Waals surface area contributed by atoms with Crippen molar-refractivity contribution in [1.29, 1.82) is 0 Å². The van der Waals surface area contributed by atoms with Gasteiger partial charge in [0.1, 0.15) is 6.61 Å². The molecule has 0 spiro atoms. The molecule has 0 rings (SSSR count). The number of carbonyl (C=O) groups is 2. The van der Waals surface area contributed by atoms with E-state index in [9.17, 15) is 19.0 Å². The number of ether oxygens (including phenoxy) is 2. The maximum absolute atomic E-state index is 12.5. The molecular weight excluding hydrogens is 617 g/mol. The van der Waals surface area contributed by atoms with Crippen molar-refractivity contribution in [1.82, 2.24) is 0 Å². The average Bonchev–Trinajstić information content (AvgIpc) is 3.05. The molecule has 0 heterocycles. The Morgan fingerprint density at radius 1 is 0.660 bits per heavy atom. The van der Waals surface area contributed by atoms with Crippen LogP contribution in [0.4, 0.5) is 0 Å². The molecule has 0 amide bonds. The number of nitrogens with two attached hydrogens (primary N) is 1. The number of phosphoric ester groups is 1. The number of esters is 2. The van der Waals surface area contributed by atoms with Crippen LogP contribution < -0.4 is 5.73 Å². The van der Waals surface area contributed by atoms with Gasteiger partial charge in [0.05, 0.1) is 13.2 Å². The molecule has 47 heavy (non-hydrogen) atoms. The highest BCUT2D eigenvalue weighted by atomic mass is 31.2. The van der Waals surface area contributed by atoms with Crippen molar-refractivity contribution >= 4 is 19.8 Å². The van der Waals surface area contributed by atoms with Gasteiger partial charge < -0.3 is 20.1 Å². The second kappa shape index (κ2) is 34.1. The van der Waals surface area contributed by atoms with E-state index in [1.54, 1.807) is 0 Å². The third-order valence-electron chi connectivity index (χ3n) is 7.54. The molecule has 274 valence electrons. The lowest BCUT2D eigenvalue weighted by molar-refractivity contribution is -0.161. The van der Waals surface area contributed by atoms with Crippen LogP contribution in [0, 0.1) is 0 Å². The van der Waals surface area contributed by atoms with Gasteiger partial charge in [0.25, 0.3) is 0 Å². The van der Waals surface area contributed by atoms with E-state index in [0.717, 1.165) is 70.6 Å². The van der Waals surface area contributed by atoms with Crippen molar-refractivity contribution in [3.8, 4) is 0 Å². The van der Waals surface area contributed by atoms with Gasteiger partial charge in [-0.1, -0.05) is 134 Å². The normalized spacial score (nSPS) is 13.9. The molecule has 1 unspecified atom stereocenters. The smallest absolute Gasteiger partial charge is 0.462 e. The highest BCUT2D eigenvalue weighted by Crippen LogP contribution is 2.43. The lowest BCUT2D eigenvalue weighted by Crippen LogP contribution is -2.29. The fraction of sp³-hybridized carbons (Fsp3) is 0.784. The third kappa shape index (κ3) is 33.9. The molecule has 0 radical (unpaired) electrons. The molecule has 0 aliphatic carbocycles. The summed E-state index contributed by atoms with van der Waals surface area (Å²) in [6.07, 6.45) is 34.6. The Bertz CT molecular complexity index is 876. The zero-order valence-electron chi connectivity index (χ0n) is 29.8. The Morgan fingerprint density at radius 3 is 1.74 bits per heavy atom. The topological polar surface area (TPSA) is 134 Å². The summed E-state index contributed by atoms with van der Waals surface area (Å²) in [4.78, 5) is 34.6. The van der Waals surface area contributed by atoms with Gasteiger partial charge in [0.15, 0.2) is 6.10 Å². The fourth-order valence-corrected chi connectivity index (χ4v) is 5.59. The Kier molecular flexibility index (Phi) is 32.8. The number of unbranched alkanes of at least 4 members (excludes halogenated alkanes) is 15. The lowest BCUT2D eigenvalue weighted by Gasteiger charge is -2.19. The summed E-state index contributed by atoms with van der Waals surface area (Å²) < 4.78 is 32.6. The predicted molar refractivity (Wildman–Crippen MR) is 192 cm³/mol. The van der Waals surface area contributed by atoms with Crippen LogP contribution in [0.3, 0.4) is 0 Å². The predicted octanol–water partition coefficient (Wildman–Crippen LogP) is 9.82. The van der Waals surface area contributed by atoms with Crippen LogP contribution in [-0.2, 0) is 32.7 Å². The van der Waals surface area contributed by atoms with Gasteiger partial charge >= 0.3 is 19.8 Å². The maximum Gasteiger partial charge on any atom is 0.472 e. The van der Waals surface area contributed by atoms with Gasteiger partial charge in [-0.2, -0.15) is 0 Å². The number of carbonyl (C=O) groups excluding carboxylic acids is 2. The van der Waals surface area contributed by atoms with Crippen LogP contribution in [0.1, 0.15) is 155 Å². The molecule has 0 saturated carbocycles. The molecule has 0 bridgehead atoms. The van der Waals surface area contributed by atoms with E-state index in [0.29, 0.717) is 12.8 Å². The summed E-state index contributed by atoms with van der Waals surface area (Å²) >= 11 is 0. The van der Waals surface area contributed by atoms with Gasteiger partial charge in [-0.15, -0.1) is 0 Å². The van der Waals surface area contributed by atoms with Crippen LogP contribution in [0.15, 0.2) is 36.5 Å². The summed E-state index contributed by atoms with van der Waals surface area (Å²) in [5.74, 6) is -0.850. The summed E-state index contributed by atoms with van der Waals surface area (Å²) in [5.41, 5.74) is 5.32. The van der Waals surface area contributed by atoms with Crippen LogP contribution in [0.25, 0.3) is 0 Å². The quantitative estimate of drug-likeness (QED) is 0.0294. The molecule has 0 aromatic heterocycles. The van der Waals surface area contributed by atoms with Crippen LogP contribution in [-0.4, -0.2) is 49.3 Å². The van der Waals surface area contributed by atoms with E-state index < -0.39 is 32.5 Å². The van der Waals surface area contributed by atoms with Gasteiger partial charge in [-0.05, 0) is 44.9 Å². The molecule has 0 aromatic rings. The molecule has 3 N–H and O–H groups in total. The third-order valence-corrected chi connectivity index (χ3v) is 8.52. The van der Waals surface area contributed by atoms with Crippen molar-refractivity contribution in [2.75, 3.05) is 26.4 Å². The van der Waals surface area contributed by atoms with Crippen molar-refractivity contribution < 1.29 is 37.6 Å². The Labute approximate surface area is 286 Å². The van der Waals surface area contributed by atoms with E-state index in [-0.39, 0.29) is 32.6 Å². The molecule has 0 aromatic carbocycles. The number of phosphoric acid groups is 1. The van der Waals surface area contributed by atoms with E-state index >= 15 is 0 Å². The highest BCUT2D eigenvalue weighted by molar-refractivity contribution is 7.47. The number of hydrogen-bond donors (Lipinski definition) is 2. The lowest BCUT2D eigenvalue weighted by atomic mass is 10.1. The monoisotopic (exact) mass is 685 g/mol. The summed E-state index contributed by atoms with van der Waals surface area (Å²) in [7, 11) is -4.37. The fourth-order valence-electron chi connectivity index (χ4n) is 4.82. The maximum atomic E-state index is 12.5. The van der Waals surface area contributed by atoms with Gasteiger partial charge in [-0.25, -0.2) is 4.57 Å². The van der Waals surface area contributed by atoms with Gasteiger partial charge in [0.2, 0.25) is 0 Å². The average molecular weight is 686 g/mol. The number of hydrogen-bond acceptors (Lipinski definition) is 8. The first-order valence-electron chi connectivity index (χ1n) is 18.5. The van der Waals surface area contributed by atoms with Crippen LogP contribution in [0.2, 0.25) is 0 Å². The Morgan fingerprint density at radius 2 is 1.17 bits per heavy atom. The largest absolute Gasteiger partial charge is 0.472 e. The Balaban J connectivity index is 4.25. The number of rotatable bonds is 34. The minimum atomic E-state index is -4.37. The molecule has 9 nitrogen and oxygen atoms in total. The Hall–Kier alpha value is -1.77. The summed E-state index contributed by atoms with van der Waals surface area (Å²) in [5, 5.41) is 0. The van der Waals surface area contributed by atoms with E-state index in [4.69, 9.17) is 24.3 Å². The van der Waals surface area contributed by atoms with E-state index in [1.165, 1.54) is 44.9 Å². The zero-order valence-corrected chi connectivity index (χ0v) is 30.7. The van der Waals surface area contributed by atoms with Crippen molar-refractivity contribution in [3.63, 3.8) is 0 Å². The first-order valence-corrected chi connectivity index (χ1v) is 20.0. The molecule has 0 fully saturated rings. The molecule has 10 heteroatoms. The molecule has 0 aliphatic rings. The van der Waals surface area contributed by atoms with Crippen LogP contribution in [0.5, 0.6) is 0 Å². The summed E-state index contributed by atoms with van der Waals surface area (Å²) in [6.45, 7) is 3.57. The standard InChI is InChI=1S/C37H68NO8P/c1-3-5-7-9-11-13-15-16-17-18-20-21-23-25-27-29-36(39)43-33-35(34-45-47(41,42)44-32-31-38)46-37(40)30-28-26-24-22-19-14-12-10-8-6-4-2/h5,7,11,13,16-17,35H,3-4,6,8-10,12,14-15,18-34,38H2,1-2H3,(H,41,42)/t35-/m1/s1. The van der Waals surface area contributed by atoms with Crippen molar-refractivity contribution in [2.45, 2.75) is 161 Å². The van der Waals surface area contributed by atoms with Crippen molar-refractivity contribution in [3.05, 3.63) is 36.5 Å². The first kappa shape index (κ1) is 45.2. The van der Waals surface area contributed by atoms with E-state index in [2.05, 4.69) is 50.3 Å². The SMILES string of the molecule is CCC=CCC=CCC=CCCCCCCCC(=O)OC[C@H](COP(=O)(O)OCCN)OC(=O)CCCCCCCCCCCCC. The molecule has 0 saturated heterocycles. The van der Waals surface area contributed by atoms with Gasteiger partial charge in [0, 0.05) is 19.4 Å². The molecule has 2 atom stereocenters. The molecule has 0 aliphatic heterocycles. The van der Waals surface area contributed by atoms with Crippen LogP contribution >= 0.6 is 7.82 Å². The number of allylic oxidation sites excluding steroid dienone is 6. The van der Waals surface area contributed by atoms with Crippen molar-refractivity contribution in [2.24, 2.45) is 5.73 Å². The minimum Gasteiger partial charge on any atom is -0.462 e. The van der Waals surface area contributed by atoms with Gasteiger partial charge in [-0.3, -0.25) is 18.6 Å². The zero-order chi connectivity index (χ0) is 34.7.